The van der Waals surface area contributed by atoms with Gasteiger partial charge in [0.05, 0.1) is 18.8 Å². The summed E-state index contributed by atoms with van der Waals surface area (Å²) in [6.07, 6.45) is 0. The van der Waals surface area contributed by atoms with Crippen molar-refractivity contribution in [2.24, 2.45) is 0 Å². The van der Waals surface area contributed by atoms with Gasteiger partial charge >= 0.3 is 6.80 Å². The summed E-state index contributed by atoms with van der Waals surface area (Å²) in [5.74, 6) is 0.601. The molecule has 0 bridgehead atoms. The van der Waals surface area contributed by atoms with Crippen LogP contribution in [0.5, 0.6) is 0 Å². The van der Waals surface area contributed by atoms with E-state index in [0.29, 0.717) is 5.75 Å². The largest absolute Gasteiger partial charge is 0.387 e. The molecule has 5 nitrogen and oxygen atoms in total. The molecule has 0 amide bonds. The van der Waals surface area contributed by atoms with Crippen LogP contribution < -0.4 is 0 Å². The van der Waals surface area contributed by atoms with Gasteiger partial charge < -0.3 is 9.63 Å². The second-order valence-corrected chi connectivity index (χ2v) is 8.90. The van der Waals surface area contributed by atoms with Crippen molar-refractivity contribution in [1.29, 1.82) is 0 Å². The van der Waals surface area contributed by atoms with E-state index in [1.807, 2.05) is 0 Å². The van der Waals surface area contributed by atoms with Crippen molar-refractivity contribution in [1.82, 2.24) is 4.90 Å². The third-order valence-corrected chi connectivity index (χ3v) is 5.37. The fourth-order valence-electron chi connectivity index (χ4n) is 1.48. The van der Waals surface area contributed by atoms with Gasteiger partial charge in [0.15, 0.2) is 0 Å². The van der Waals surface area contributed by atoms with E-state index in [2.05, 4.69) is 4.90 Å². The van der Waals surface area contributed by atoms with Crippen LogP contribution in [-0.4, -0.2) is 54.0 Å². The molecule has 0 aromatic carbocycles. The van der Waals surface area contributed by atoms with Gasteiger partial charge in [-0.15, -0.1) is 0 Å². The second kappa shape index (κ2) is 6.55. The third-order valence-electron chi connectivity index (χ3n) is 2.15. The zero-order chi connectivity index (χ0) is 12.9. The lowest BCUT2D eigenvalue weighted by atomic mass is 10.2. The lowest BCUT2D eigenvalue weighted by molar-refractivity contribution is 0.0410. The number of rotatable bonds is 5. The lowest BCUT2D eigenvalue weighted by Crippen LogP contribution is -2.37. The van der Waals surface area contributed by atoms with E-state index in [9.17, 15) is 9.46 Å². The highest BCUT2D eigenvalue weighted by atomic mass is 32.7. The second-order valence-electron chi connectivity index (χ2n) is 4.96. The van der Waals surface area contributed by atoms with Crippen molar-refractivity contribution in [3.8, 4) is 0 Å². The number of nitrogens with zero attached hydrogens (tertiary/aromatic N) is 1. The van der Waals surface area contributed by atoms with Crippen LogP contribution >= 0.6 is 18.2 Å². The summed E-state index contributed by atoms with van der Waals surface area (Å²) >= 11 is 1.01. The fourth-order valence-corrected chi connectivity index (χ4v) is 4.56. The van der Waals surface area contributed by atoms with Gasteiger partial charge in [0.25, 0.3) is 0 Å². The highest BCUT2D eigenvalue weighted by molar-refractivity contribution is 8.54. The first-order chi connectivity index (χ1) is 7.79. The van der Waals surface area contributed by atoms with Crippen LogP contribution in [0.3, 0.4) is 0 Å². The Morgan fingerprint density at radius 1 is 1.41 bits per heavy atom. The Balaban J connectivity index is 2.22. The van der Waals surface area contributed by atoms with Crippen molar-refractivity contribution >= 4 is 18.2 Å². The van der Waals surface area contributed by atoms with Crippen LogP contribution in [0.15, 0.2) is 0 Å². The molecule has 0 aliphatic carbocycles. The first-order valence-corrected chi connectivity index (χ1v) is 8.93. The van der Waals surface area contributed by atoms with E-state index < -0.39 is 12.4 Å². The summed E-state index contributed by atoms with van der Waals surface area (Å²) in [7, 11) is 0. The maximum Gasteiger partial charge on any atom is 0.387 e. The van der Waals surface area contributed by atoms with Gasteiger partial charge in [0.1, 0.15) is 0 Å². The fraction of sp³-hybridized carbons (Fsp3) is 1.00. The Bertz CT molecular complexity index is 276. The molecule has 0 spiro atoms. The van der Waals surface area contributed by atoms with Crippen LogP contribution in [0.2, 0.25) is 0 Å². The Hall–Kier alpha value is 0.420. The van der Waals surface area contributed by atoms with Crippen molar-refractivity contribution in [2.45, 2.75) is 26.4 Å². The predicted molar refractivity (Wildman–Crippen MR) is 70.4 cm³/mol. The monoisotopic (exact) mass is 283 g/mol. The Kier molecular flexibility index (Phi) is 5.96. The smallest absolute Gasteiger partial charge is 0.379 e. The molecule has 0 radical (unpaired) electrons. The zero-order valence-electron chi connectivity index (χ0n) is 10.7. The lowest BCUT2D eigenvalue weighted by Gasteiger charge is -2.27. The topological polar surface area (TPSA) is 59.0 Å². The van der Waals surface area contributed by atoms with E-state index in [4.69, 9.17) is 9.26 Å². The van der Waals surface area contributed by atoms with Crippen LogP contribution in [0.4, 0.5) is 0 Å². The molecule has 1 saturated heterocycles. The number of morpholine rings is 1. The minimum atomic E-state index is -3.52. The summed E-state index contributed by atoms with van der Waals surface area (Å²) in [5, 5.41) is 0. The quantitative estimate of drug-likeness (QED) is 0.778. The number of ether oxygens (including phenoxy) is 1. The molecule has 1 aliphatic heterocycles. The first-order valence-electron chi connectivity index (χ1n) is 5.77. The Morgan fingerprint density at radius 3 is 2.53 bits per heavy atom. The molecule has 102 valence electrons. The van der Waals surface area contributed by atoms with Crippen LogP contribution in [0.1, 0.15) is 20.8 Å². The van der Waals surface area contributed by atoms with Gasteiger partial charge in [0.2, 0.25) is 0 Å². The molecule has 1 heterocycles. The zero-order valence-corrected chi connectivity index (χ0v) is 12.4. The van der Waals surface area contributed by atoms with Crippen molar-refractivity contribution in [3.63, 3.8) is 0 Å². The van der Waals surface area contributed by atoms with Gasteiger partial charge in [-0.1, -0.05) is 0 Å². The van der Waals surface area contributed by atoms with E-state index in [-0.39, 0.29) is 0 Å². The van der Waals surface area contributed by atoms with Crippen molar-refractivity contribution in [2.75, 3.05) is 38.6 Å². The first kappa shape index (κ1) is 15.5. The molecule has 1 rings (SSSR count). The van der Waals surface area contributed by atoms with Crippen LogP contribution in [0.25, 0.3) is 0 Å². The van der Waals surface area contributed by atoms with E-state index in [1.165, 1.54) is 0 Å². The summed E-state index contributed by atoms with van der Waals surface area (Å²) < 4.78 is 22.1. The molecule has 0 aromatic rings. The molecule has 0 aromatic heterocycles. The number of hydrogen-bond donors (Lipinski definition) is 1. The standard InChI is InChI=1S/C10H22NO4PS/c1-10(2,3)15-16(12,13)17-9-6-11-4-7-14-8-5-11/h4-9H2,1-3H3,(H,12,13). The SMILES string of the molecule is CC(C)(C)OP(=O)(O)SCCN1CCOCC1. The van der Waals surface area contributed by atoms with Crippen LogP contribution in [-0.2, 0) is 13.8 Å². The minimum absolute atomic E-state index is 0.587. The molecule has 1 N–H and O–H groups in total. The van der Waals surface area contributed by atoms with Crippen molar-refractivity contribution in [3.05, 3.63) is 0 Å². The third kappa shape index (κ3) is 7.44. The summed E-state index contributed by atoms with van der Waals surface area (Å²) in [4.78, 5) is 11.9. The van der Waals surface area contributed by atoms with Crippen LogP contribution in [0, 0.1) is 0 Å². The molecular weight excluding hydrogens is 261 g/mol. The molecular formula is C10H22NO4PS. The average Bonchev–Trinajstić information content (AvgIpc) is 2.15. The van der Waals surface area contributed by atoms with Gasteiger partial charge in [-0.3, -0.25) is 9.42 Å². The van der Waals surface area contributed by atoms with E-state index in [0.717, 1.165) is 44.2 Å². The minimum Gasteiger partial charge on any atom is -0.379 e. The highest BCUT2D eigenvalue weighted by Gasteiger charge is 2.27. The molecule has 1 unspecified atom stereocenters. The molecule has 7 heteroatoms. The maximum atomic E-state index is 11.7. The summed E-state index contributed by atoms with van der Waals surface area (Å²) in [5.41, 5.74) is -0.587. The van der Waals surface area contributed by atoms with E-state index >= 15 is 0 Å². The highest BCUT2D eigenvalue weighted by Crippen LogP contribution is 2.57. The normalized spacial score (nSPS) is 22.4. The Morgan fingerprint density at radius 2 is 2.00 bits per heavy atom. The van der Waals surface area contributed by atoms with Gasteiger partial charge in [-0.2, -0.15) is 0 Å². The van der Waals surface area contributed by atoms with Crippen molar-refractivity contribution < 1.29 is 18.7 Å². The average molecular weight is 283 g/mol. The summed E-state index contributed by atoms with van der Waals surface area (Å²) in [6, 6.07) is 0. The molecule has 1 aliphatic rings. The molecule has 17 heavy (non-hydrogen) atoms. The van der Waals surface area contributed by atoms with Gasteiger partial charge in [-0.25, -0.2) is 4.57 Å². The van der Waals surface area contributed by atoms with E-state index in [1.54, 1.807) is 20.8 Å². The maximum absolute atomic E-state index is 11.7. The molecule has 0 saturated carbocycles. The summed E-state index contributed by atoms with van der Waals surface area (Å²) in [6.45, 7) is 5.90. The number of hydrogen-bond acceptors (Lipinski definition) is 5. The predicted octanol–water partition coefficient (Wildman–Crippen LogP) is 1.97. The molecule has 1 atom stereocenters. The van der Waals surface area contributed by atoms with Gasteiger partial charge in [-0.05, 0) is 32.2 Å². The molecule has 1 fully saturated rings. The van der Waals surface area contributed by atoms with Gasteiger partial charge in [0, 0.05) is 25.4 Å². The Labute approximate surface area is 107 Å².